The monoisotopic (exact) mass is 391 g/mol. The minimum atomic E-state index is 0.289. The first-order chi connectivity index (χ1) is 14.2. The molecule has 0 bridgehead atoms. The van der Waals surface area contributed by atoms with E-state index in [0.29, 0.717) is 12.1 Å². The van der Waals surface area contributed by atoms with Gasteiger partial charge in [-0.2, -0.15) is 5.26 Å². The zero-order chi connectivity index (χ0) is 20.5. The van der Waals surface area contributed by atoms with Crippen molar-refractivity contribution in [1.29, 1.82) is 5.26 Å². The summed E-state index contributed by atoms with van der Waals surface area (Å²) < 4.78 is 5.30. The third-order valence-electron chi connectivity index (χ3n) is 5.31. The Morgan fingerprint density at radius 2 is 1.79 bits per heavy atom. The average Bonchev–Trinajstić information content (AvgIpc) is 3.31. The molecule has 0 saturated carbocycles. The lowest BCUT2D eigenvalue weighted by Gasteiger charge is -2.29. The van der Waals surface area contributed by atoms with E-state index in [0.717, 1.165) is 36.9 Å². The maximum absolute atomic E-state index is 8.91. The third kappa shape index (κ3) is 5.72. The number of nitrogens with zero attached hydrogens (tertiary/aromatic N) is 3. The normalized spacial score (nSPS) is 15.6. The maximum atomic E-state index is 8.91. The Hall–Kier alpha value is -3.04. The molecule has 1 atom stereocenters. The molecular formula is C23H29N5O. The molecule has 0 radical (unpaired) electrons. The Morgan fingerprint density at radius 1 is 1.10 bits per heavy atom. The Labute approximate surface area is 173 Å². The zero-order valence-electron chi connectivity index (χ0n) is 17.2. The molecule has 0 amide bonds. The highest BCUT2D eigenvalue weighted by Gasteiger charge is 2.23. The quantitative estimate of drug-likeness (QED) is 0.561. The number of hydrogen-bond donors (Lipinski definition) is 2. The van der Waals surface area contributed by atoms with Crippen molar-refractivity contribution in [3.63, 3.8) is 0 Å². The molecule has 6 nitrogen and oxygen atoms in total. The van der Waals surface area contributed by atoms with E-state index in [1.54, 1.807) is 14.2 Å². The van der Waals surface area contributed by atoms with Gasteiger partial charge in [0.25, 0.3) is 0 Å². The molecule has 1 unspecified atom stereocenters. The van der Waals surface area contributed by atoms with E-state index in [1.165, 1.54) is 18.4 Å². The molecule has 0 aliphatic carbocycles. The lowest BCUT2D eigenvalue weighted by Crippen LogP contribution is -2.42. The minimum absolute atomic E-state index is 0.289. The van der Waals surface area contributed by atoms with Crippen molar-refractivity contribution in [3.05, 3.63) is 65.2 Å². The number of rotatable bonds is 7. The van der Waals surface area contributed by atoms with E-state index in [2.05, 4.69) is 38.7 Å². The van der Waals surface area contributed by atoms with Gasteiger partial charge in [0.15, 0.2) is 5.96 Å². The van der Waals surface area contributed by atoms with Gasteiger partial charge in [-0.05, 0) is 61.3 Å². The summed E-state index contributed by atoms with van der Waals surface area (Å²) in [6.45, 7) is 3.67. The van der Waals surface area contributed by atoms with Crippen LogP contribution in [0.2, 0.25) is 0 Å². The molecule has 1 heterocycles. The summed E-state index contributed by atoms with van der Waals surface area (Å²) in [5.41, 5.74) is 3.06. The third-order valence-corrected chi connectivity index (χ3v) is 5.31. The van der Waals surface area contributed by atoms with E-state index in [4.69, 9.17) is 10.00 Å². The van der Waals surface area contributed by atoms with Crippen LogP contribution in [0.4, 0.5) is 0 Å². The lowest BCUT2D eigenvalue weighted by molar-refractivity contribution is 0.245. The van der Waals surface area contributed by atoms with Crippen LogP contribution in [0.25, 0.3) is 0 Å². The van der Waals surface area contributed by atoms with E-state index in [-0.39, 0.29) is 6.04 Å². The number of methoxy groups -OCH3 is 1. The second-order valence-corrected chi connectivity index (χ2v) is 7.15. The number of benzene rings is 2. The molecule has 6 heteroatoms. The molecule has 1 saturated heterocycles. The van der Waals surface area contributed by atoms with Crippen LogP contribution in [-0.4, -0.2) is 44.7 Å². The number of nitriles is 1. The van der Waals surface area contributed by atoms with Crippen LogP contribution in [0.5, 0.6) is 5.75 Å². The van der Waals surface area contributed by atoms with Crippen LogP contribution < -0.4 is 15.4 Å². The molecule has 0 aromatic heterocycles. The van der Waals surface area contributed by atoms with E-state index in [1.807, 2.05) is 36.4 Å². The molecule has 1 fully saturated rings. The van der Waals surface area contributed by atoms with E-state index in [9.17, 15) is 0 Å². The Bertz CT molecular complexity index is 833. The predicted molar refractivity (Wildman–Crippen MR) is 116 cm³/mol. The number of nitrogens with one attached hydrogen (secondary N) is 2. The van der Waals surface area contributed by atoms with Gasteiger partial charge in [-0.15, -0.1) is 0 Å². The summed E-state index contributed by atoms with van der Waals surface area (Å²) in [4.78, 5) is 6.89. The standard InChI is InChI=1S/C23H29N5O/c1-25-23(26-16-19-7-5-18(15-24)6-8-19)27-17-22(28-13-3-4-14-28)20-9-11-21(29-2)12-10-20/h5-12,22H,3-4,13-14,16-17H2,1-2H3,(H2,25,26,27). The number of hydrogen-bond acceptors (Lipinski definition) is 4. The Morgan fingerprint density at radius 3 is 2.38 bits per heavy atom. The predicted octanol–water partition coefficient (Wildman–Crippen LogP) is 3.07. The molecular weight excluding hydrogens is 362 g/mol. The first-order valence-electron chi connectivity index (χ1n) is 10.0. The summed E-state index contributed by atoms with van der Waals surface area (Å²) in [7, 11) is 3.48. The Balaban J connectivity index is 1.61. The SMILES string of the molecule is CN=C(NCc1ccc(C#N)cc1)NCC(c1ccc(OC)cc1)N1CCCC1. The van der Waals surface area contributed by atoms with Gasteiger partial charge in [0.2, 0.25) is 0 Å². The summed E-state index contributed by atoms with van der Waals surface area (Å²) in [6.07, 6.45) is 2.50. The van der Waals surface area contributed by atoms with Crippen LogP contribution in [0.1, 0.15) is 35.6 Å². The number of guanidine groups is 1. The summed E-state index contributed by atoms with van der Waals surface area (Å²) in [6, 6.07) is 18.4. The maximum Gasteiger partial charge on any atom is 0.191 e. The molecule has 3 rings (SSSR count). The smallest absolute Gasteiger partial charge is 0.191 e. The molecule has 2 N–H and O–H groups in total. The van der Waals surface area contributed by atoms with Gasteiger partial charge in [-0.3, -0.25) is 9.89 Å². The van der Waals surface area contributed by atoms with Gasteiger partial charge >= 0.3 is 0 Å². The highest BCUT2D eigenvalue weighted by molar-refractivity contribution is 5.79. The average molecular weight is 392 g/mol. The topological polar surface area (TPSA) is 72.7 Å². The van der Waals surface area contributed by atoms with Crippen molar-refractivity contribution in [2.75, 3.05) is 33.8 Å². The molecule has 2 aromatic carbocycles. The number of aliphatic imine (C=N–C) groups is 1. The van der Waals surface area contributed by atoms with Crippen LogP contribution in [-0.2, 0) is 6.54 Å². The molecule has 1 aliphatic rings. The van der Waals surface area contributed by atoms with Crippen LogP contribution in [0, 0.1) is 11.3 Å². The van der Waals surface area contributed by atoms with Crippen molar-refractivity contribution in [2.24, 2.45) is 4.99 Å². The van der Waals surface area contributed by atoms with Crippen molar-refractivity contribution in [1.82, 2.24) is 15.5 Å². The summed E-state index contributed by atoms with van der Waals surface area (Å²) in [5, 5.41) is 15.8. The van der Waals surface area contributed by atoms with Crippen LogP contribution in [0.3, 0.4) is 0 Å². The van der Waals surface area contributed by atoms with Gasteiger partial charge in [-0.1, -0.05) is 24.3 Å². The van der Waals surface area contributed by atoms with Crippen molar-refractivity contribution < 1.29 is 4.74 Å². The highest BCUT2D eigenvalue weighted by Crippen LogP contribution is 2.26. The van der Waals surface area contributed by atoms with E-state index < -0.39 is 0 Å². The minimum Gasteiger partial charge on any atom is -0.497 e. The molecule has 0 spiro atoms. The van der Waals surface area contributed by atoms with Gasteiger partial charge in [0, 0.05) is 20.1 Å². The summed E-state index contributed by atoms with van der Waals surface area (Å²) >= 11 is 0. The molecule has 2 aromatic rings. The largest absolute Gasteiger partial charge is 0.497 e. The van der Waals surface area contributed by atoms with Crippen LogP contribution >= 0.6 is 0 Å². The molecule has 152 valence electrons. The lowest BCUT2D eigenvalue weighted by atomic mass is 10.1. The van der Waals surface area contributed by atoms with Crippen molar-refractivity contribution >= 4 is 5.96 Å². The zero-order valence-corrected chi connectivity index (χ0v) is 17.2. The second-order valence-electron chi connectivity index (χ2n) is 7.15. The first-order valence-corrected chi connectivity index (χ1v) is 10.0. The van der Waals surface area contributed by atoms with Crippen molar-refractivity contribution in [2.45, 2.75) is 25.4 Å². The molecule has 1 aliphatic heterocycles. The fourth-order valence-electron chi connectivity index (χ4n) is 3.63. The van der Waals surface area contributed by atoms with Gasteiger partial charge < -0.3 is 15.4 Å². The van der Waals surface area contributed by atoms with Gasteiger partial charge in [0.1, 0.15) is 5.75 Å². The number of likely N-dealkylation sites (tertiary alicyclic amines) is 1. The van der Waals surface area contributed by atoms with E-state index >= 15 is 0 Å². The number of ether oxygens (including phenoxy) is 1. The first kappa shape index (κ1) is 20.7. The summed E-state index contributed by atoms with van der Waals surface area (Å²) in [5.74, 6) is 1.65. The van der Waals surface area contributed by atoms with Gasteiger partial charge in [-0.25, -0.2) is 0 Å². The molecule has 29 heavy (non-hydrogen) atoms. The fourth-order valence-corrected chi connectivity index (χ4v) is 3.63. The second kappa shape index (κ2) is 10.5. The van der Waals surface area contributed by atoms with Crippen molar-refractivity contribution in [3.8, 4) is 11.8 Å². The Kier molecular flexibility index (Phi) is 7.48. The fraction of sp³-hybridized carbons (Fsp3) is 0.391. The highest BCUT2D eigenvalue weighted by atomic mass is 16.5. The van der Waals surface area contributed by atoms with Gasteiger partial charge in [0.05, 0.1) is 24.8 Å². The van der Waals surface area contributed by atoms with Crippen LogP contribution in [0.15, 0.2) is 53.5 Å².